The van der Waals surface area contributed by atoms with E-state index < -0.39 is 18.0 Å². The van der Waals surface area contributed by atoms with Crippen molar-refractivity contribution in [2.75, 3.05) is 14.2 Å². The van der Waals surface area contributed by atoms with Crippen LogP contribution in [0.2, 0.25) is 0 Å². The predicted molar refractivity (Wildman–Crippen MR) is 47.3 cm³/mol. The number of hydrogen-bond donors (Lipinski definition) is 0. The van der Waals surface area contributed by atoms with Gasteiger partial charge in [-0.1, -0.05) is 6.92 Å². The summed E-state index contributed by atoms with van der Waals surface area (Å²) in [5.41, 5.74) is 0. The fraction of sp³-hybridized carbons (Fsp3) is 0.778. The Kier molecular flexibility index (Phi) is 5.30. The van der Waals surface area contributed by atoms with Crippen molar-refractivity contribution in [1.82, 2.24) is 0 Å². The normalized spacial score (nSPS) is 14.8. The zero-order chi connectivity index (χ0) is 10.4. The summed E-state index contributed by atoms with van der Waals surface area (Å²) in [5.74, 6) is -1.48. The van der Waals surface area contributed by atoms with E-state index in [1.807, 2.05) is 6.92 Å². The summed E-state index contributed by atoms with van der Waals surface area (Å²) >= 11 is 0. The van der Waals surface area contributed by atoms with Crippen LogP contribution in [0.5, 0.6) is 0 Å². The predicted octanol–water partition coefficient (Wildman–Crippen LogP) is 0.790. The lowest BCUT2D eigenvalue weighted by Crippen LogP contribution is -2.32. The molecule has 0 saturated carbocycles. The van der Waals surface area contributed by atoms with Gasteiger partial charge in [-0.3, -0.25) is 9.59 Å². The first-order valence-electron chi connectivity index (χ1n) is 4.22. The van der Waals surface area contributed by atoms with Crippen LogP contribution >= 0.6 is 0 Å². The molecule has 0 rings (SSSR count). The third-order valence-corrected chi connectivity index (χ3v) is 1.95. The Bertz CT molecular complexity index is 184. The molecule has 0 bridgehead atoms. The van der Waals surface area contributed by atoms with Gasteiger partial charge < -0.3 is 9.47 Å². The molecule has 4 nitrogen and oxygen atoms in total. The van der Waals surface area contributed by atoms with Gasteiger partial charge in [0.25, 0.3) is 0 Å². The minimum Gasteiger partial charge on any atom is -0.468 e. The first kappa shape index (κ1) is 12.1. The molecule has 0 fully saturated rings. The summed E-state index contributed by atoms with van der Waals surface area (Å²) < 4.78 is 9.38. The summed E-state index contributed by atoms with van der Waals surface area (Å²) in [5, 5.41) is 0. The lowest BCUT2D eigenvalue weighted by Gasteiger charge is -2.15. The molecule has 2 unspecified atom stereocenters. The molecule has 0 heterocycles. The molecule has 0 saturated heterocycles. The van der Waals surface area contributed by atoms with E-state index in [0.29, 0.717) is 6.42 Å². The van der Waals surface area contributed by atoms with Gasteiger partial charge in [0.2, 0.25) is 0 Å². The van der Waals surface area contributed by atoms with Gasteiger partial charge in [0, 0.05) is 7.11 Å². The van der Waals surface area contributed by atoms with Gasteiger partial charge in [0.15, 0.2) is 5.78 Å². The fourth-order valence-electron chi connectivity index (χ4n) is 1.06. The third-order valence-electron chi connectivity index (χ3n) is 1.95. The Hall–Kier alpha value is -0.900. The number of methoxy groups -OCH3 is 2. The van der Waals surface area contributed by atoms with E-state index in [4.69, 9.17) is 4.74 Å². The molecule has 0 aliphatic heterocycles. The molecular weight excluding hydrogens is 172 g/mol. The van der Waals surface area contributed by atoms with Crippen LogP contribution in [-0.4, -0.2) is 32.1 Å². The number of ketones is 1. The average Bonchev–Trinajstić information content (AvgIpc) is 2.17. The summed E-state index contributed by atoms with van der Waals surface area (Å²) in [4.78, 5) is 22.5. The number of carbonyl (C=O) groups is 2. The van der Waals surface area contributed by atoms with Crippen LogP contribution in [-0.2, 0) is 19.1 Å². The van der Waals surface area contributed by atoms with Crippen molar-refractivity contribution in [3.8, 4) is 0 Å². The van der Waals surface area contributed by atoms with E-state index in [0.717, 1.165) is 0 Å². The average molecular weight is 188 g/mol. The van der Waals surface area contributed by atoms with Crippen molar-refractivity contribution >= 4 is 11.8 Å². The van der Waals surface area contributed by atoms with E-state index in [1.54, 1.807) is 0 Å². The zero-order valence-corrected chi connectivity index (χ0v) is 8.49. The van der Waals surface area contributed by atoms with Gasteiger partial charge in [-0.05, 0) is 13.3 Å². The summed E-state index contributed by atoms with van der Waals surface area (Å²) in [6.45, 7) is 3.35. The van der Waals surface area contributed by atoms with Gasteiger partial charge >= 0.3 is 5.97 Å². The number of hydrogen-bond acceptors (Lipinski definition) is 4. The summed E-state index contributed by atoms with van der Waals surface area (Å²) in [6.07, 6.45) is 0.0607. The highest BCUT2D eigenvalue weighted by atomic mass is 16.5. The van der Waals surface area contributed by atoms with Crippen LogP contribution < -0.4 is 0 Å². The second-order valence-electron chi connectivity index (χ2n) is 2.78. The maximum Gasteiger partial charge on any atom is 0.316 e. The fourth-order valence-corrected chi connectivity index (χ4v) is 1.06. The second-order valence-corrected chi connectivity index (χ2v) is 2.78. The standard InChI is InChI=1S/C9H16O4/c1-5-7(12-3)8(10)6(2)9(11)13-4/h6-7H,5H2,1-4H3. The minimum absolute atomic E-state index is 0.225. The van der Waals surface area contributed by atoms with Crippen LogP contribution in [0.1, 0.15) is 20.3 Å². The van der Waals surface area contributed by atoms with Crippen molar-refractivity contribution in [3.63, 3.8) is 0 Å². The number of ether oxygens (including phenoxy) is 2. The molecule has 0 aliphatic rings. The van der Waals surface area contributed by atoms with Crippen LogP contribution in [0.15, 0.2) is 0 Å². The largest absolute Gasteiger partial charge is 0.468 e. The van der Waals surface area contributed by atoms with E-state index in [9.17, 15) is 9.59 Å². The van der Waals surface area contributed by atoms with Gasteiger partial charge in [0.05, 0.1) is 7.11 Å². The highest BCUT2D eigenvalue weighted by Crippen LogP contribution is 2.08. The quantitative estimate of drug-likeness (QED) is 0.473. The monoisotopic (exact) mass is 188 g/mol. The molecule has 0 aromatic carbocycles. The first-order chi connectivity index (χ1) is 6.08. The van der Waals surface area contributed by atoms with Crippen LogP contribution in [0, 0.1) is 5.92 Å². The van der Waals surface area contributed by atoms with E-state index in [2.05, 4.69) is 4.74 Å². The molecule has 0 N–H and O–H groups in total. The molecule has 0 radical (unpaired) electrons. The lowest BCUT2D eigenvalue weighted by atomic mass is 10.0. The highest BCUT2D eigenvalue weighted by molar-refractivity contribution is 6.00. The smallest absolute Gasteiger partial charge is 0.316 e. The highest BCUT2D eigenvalue weighted by Gasteiger charge is 2.28. The van der Waals surface area contributed by atoms with E-state index >= 15 is 0 Å². The maximum atomic E-state index is 11.5. The first-order valence-corrected chi connectivity index (χ1v) is 4.22. The van der Waals surface area contributed by atoms with E-state index in [-0.39, 0.29) is 5.78 Å². The Morgan fingerprint density at radius 1 is 1.31 bits per heavy atom. The molecule has 2 atom stereocenters. The molecule has 76 valence electrons. The molecule has 0 amide bonds. The zero-order valence-electron chi connectivity index (χ0n) is 8.49. The third kappa shape index (κ3) is 3.14. The Morgan fingerprint density at radius 3 is 2.15 bits per heavy atom. The molecule has 13 heavy (non-hydrogen) atoms. The van der Waals surface area contributed by atoms with Crippen LogP contribution in [0.3, 0.4) is 0 Å². The Labute approximate surface area is 78.2 Å². The minimum atomic E-state index is -0.741. The number of carbonyl (C=O) groups excluding carboxylic acids is 2. The maximum absolute atomic E-state index is 11.5. The van der Waals surface area contributed by atoms with Crippen molar-refractivity contribution in [3.05, 3.63) is 0 Å². The number of esters is 1. The van der Waals surface area contributed by atoms with Crippen LogP contribution in [0.4, 0.5) is 0 Å². The lowest BCUT2D eigenvalue weighted by molar-refractivity contribution is -0.151. The van der Waals surface area contributed by atoms with Gasteiger partial charge in [0.1, 0.15) is 12.0 Å². The van der Waals surface area contributed by atoms with Gasteiger partial charge in [-0.15, -0.1) is 0 Å². The second kappa shape index (κ2) is 5.70. The molecule has 4 heteroatoms. The number of rotatable bonds is 5. The Balaban J connectivity index is 4.31. The SMILES string of the molecule is CCC(OC)C(=O)C(C)C(=O)OC. The summed E-state index contributed by atoms with van der Waals surface area (Å²) in [6, 6.07) is 0. The van der Waals surface area contributed by atoms with Crippen molar-refractivity contribution in [2.24, 2.45) is 5.92 Å². The number of Topliss-reactive ketones (excluding diaryl/α,β-unsaturated/α-hetero) is 1. The molecule has 0 aromatic rings. The van der Waals surface area contributed by atoms with Gasteiger partial charge in [-0.25, -0.2) is 0 Å². The summed E-state index contributed by atoms with van der Waals surface area (Å²) in [7, 11) is 2.72. The van der Waals surface area contributed by atoms with Crippen molar-refractivity contribution in [2.45, 2.75) is 26.4 Å². The van der Waals surface area contributed by atoms with E-state index in [1.165, 1.54) is 21.1 Å². The molecular formula is C9H16O4. The molecule has 0 aliphatic carbocycles. The molecule has 0 spiro atoms. The van der Waals surface area contributed by atoms with Gasteiger partial charge in [-0.2, -0.15) is 0 Å². The molecule has 0 aromatic heterocycles. The van der Waals surface area contributed by atoms with Crippen LogP contribution in [0.25, 0.3) is 0 Å². The van der Waals surface area contributed by atoms with Crippen molar-refractivity contribution in [1.29, 1.82) is 0 Å². The topological polar surface area (TPSA) is 52.6 Å². The van der Waals surface area contributed by atoms with Crippen molar-refractivity contribution < 1.29 is 19.1 Å². The Morgan fingerprint density at radius 2 is 1.85 bits per heavy atom.